The maximum atomic E-state index is 13.2. The maximum Gasteiger partial charge on any atom is 0.242 e. The van der Waals surface area contributed by atoms with Gasteiger partial charge in [-0.05, 0) is 62.1 Å². The van der Waals surface area contributed by atoms with Crippen molar-refractivity contribution >= 4 is 43.5 Å². The molecule has 34 heavy (non-hydrogen) atoms. The molecule has 0 fully saturated rings. The monoisotopic (exact) mass is 551 g/mol. The number of hydrogen-bond acceptors (Lipinski definition) is 4. The van der Waals surface area contributed by atoms with Crippen molar-refractivity contribution in [3.05, 3.63) is 64.1 Å². The largest absolute Gasteiger partial charge is 0.355 e. The normalized spacial score (nSPS) is 12.1. The molecule has 0 bridgehead atoms. The molecule has 0 unspecified atom stereocenters. The van der Waals surface area contributed by atoms with Crippen molar-refractivity contribution < 1.29 is 18.0 Å². The van der Waals surface area contributed by atoms with Crippen LogP contribution in [0.4, 0.5) is 5.69 Å². The first-order valence-electron chi connectivity index (χ1n) is 11.4. The highest BCUT2D eigenvalue weighted by Gasteiger charge is 2.26. The number of nitrogens with one attached hydrogen (secondary N) is 1. The summed E-state index contributed by atoms with van der Waals surface area (Å²) in [5, 5.41) is 2.77. The lowest BCUT2D eigenvalue weighted by Crippen LogP contribution is -2.47. The standard InChI is InChI=1S/C25H34BrN3O4S/c1-5-20-11-15-23(16-12-20)29(34(4,32)33)17-7-8-24(30)28(19(3)25(31)27-6-2)18-21-9-13-22(26)14-10-21/h9-16,19H,5-8,17-18H2,1-4H3,(H,27,31)/t19-/m1/s1. The Morgan fingerprint density at radius 1 is 1.00 bits per heavy atom. The van der Waals surface area contributed by atoms with Crippen LogP contribution in [0.3, 0.4) is 0 Å². The van der Waals surface area contributed by atoms with E-state index in [-0.39, 0.29) is 24.8 Å². The summed E-state index contributed by atoms with van der Waals surface area (Å²) >= 11 is 3.41. The van der Waals surface area contributed by atoms with Crippen LogP contribution in [0.5, 0.6) is 0 Å². The van der Waals surface area contributed by atoms with E-state index in [1.807, 2.05) is 50.2 Å². The molecule has 0 aliphatic carbocycles. The maximum absolute atomic E-state index is 13.2. The Kier molecular flexibility index (Phi) is 10.6. The van der Waals surface area contributed by atoms with E-state index < -0.39 is 16.1 Å². The molecule has 2 amide bonds. The van der Waals surface area contributed by atoms with Gasteiger partial charge in [0.05, 0.1) is 11.9 Å². The number of rotatable bonds is 12. The SMILES string of the molecule is CCNC(=O)[C@@H](C)N(Cc1ccc(Br)cc1)C(=O)CCCN(c1ccc(CC)cc1)S(C)(=O)=O. The van der Waals surface area contributed by atoms with Crippen LogP contribution in [0.25, 0.3) is 0 Å². The molecule has 0 aromatic heterocycles. The second-order valence-electron chi connectivity index (χ2n) is 8.18. The molecule has 0 saturated carbocycles. The van der Waals surface area contributed by atoms with Crippen LogP contribution in [-0.2, 0) is 32.6 Å². The molecule has 7 nitrogen and oxygen atoms in total. The van der Waals surface area contributed by atoms with Crippen molar-refractivity contribution in [2.24, 2.45) is 0 Å². The van der Waals surface area contributed by atoms with Crippen molar-refractivity contribution in [3.8, 4) is 0 Å². The number of carbonyl (C=O) groups is 2. The van der Waals surface area contributed by atoms with E-state index in [0.29, 0.717) is 25.2 Å². The quantitative estimate of drug-likeness (QED) is 0.430. The zero-order chi connectivity index (χ0) is 25.3. The minimum absolute atomic E-state index is 0.124. The summed E-state index contributed by atoms with van der Waals surface area (Å²) in [5.41, 5.74) is 2.60. The molecular weight excluding hydrogens is 518 g/mol. The first-order chi connectivity index (χ1) is 16.1. The number of anilines is 1. The molecular formula is C25H34BrN3O4S. The van der Waals surface area contributed by atoms with Gasteiger partial charge in [-0.1, -0.05) is 47.1 Å². The average Bonchev–Trinajstić information content (AvgIpc) is 2.80. The third kappa shape index (κ3) is 8.13. The second-order valence-corrected chi connectivity index (χ2v) is 11.0. The third-order valence-corrected chi connectivity index (χ3v) is 7.29. The van der Waals surface area contributed by atoms with Crippen LogP contribution in [-0.4, -0.2) is 50.5 Å². The highest BCUT2D eigenvalue weighted by Crippen LogP contribution is 2.20. The van der Waals surface area contributed by atoms with Gasteiger partial charge in [0.15, 0.2) is 0 Å². The van der Waals surface area contributed by atoms with Crippen molar-refractivity contribution in [3.63, 3.8) is 0 Å². The van der Waals surface area contributed by atoms with Gasteiger partial charge < -0.3 is 10.2 Å². The number of sulfonamides is 1. The van der Waals surface area contributed by atoms with E-state index in [2.05, 4.69) is 21.2 Å². The molecule has 0 aliphatic heterocycles. The van der Waals surface area contributed by atoms with Gasteiger partial charge in [0.2, 0.25) is 21.8 Å². The van der Waals surface area contributed by atoms with Gasteiger partial charge in [-0.2, -0.15) is 0 Å². The topological polar surface area (TPSA) is 86.8 Å². The fourth-order valence-electron chi connectivity index (χ4n) is 3.59. The number of hydrogen-bond donors (Lipinski definition) is 1. The number of likely N-dealkylation sites (N-methyl/N-ethyl adjacent to an activating group) is 1. The molecule has 2 aromatic carbocycles. The fraction of sp³-hybridized carbons (Fsp3) is 0.440. The van der Waals surface area contributed by atoms with E-state index in [4.69, 9.17) is 0 Å². The molecule has 2 aromatic rings. The molecule has 0 saturated heterocycles. The van der Waals surface area contributed by atoms with Gasteiger partial charge in [-0.3, -0.25) is 13.9 Å². The number of amides is 2. The average molecular weight is 553 g/mol. The number of halogens is 1. The van der Waals surface area contributed by atoms with Crippen molar-refractivity contribution in [2.75, 3.05) is 23.7 Å². The molecule has 1 atom stereocenters. The van der Waals surface area contributed by atoms with Crippen LogP contribution in [0.2, 0.25) is 0 Å². The highest BCUT2D eigenvalue weighted by molar-refractivity contribution is 9.10. The van der Waals surface area contributed by atoms with Gasteiger partial charge in [-0.25, -0.2) is 8.42 Å². The van der Waals surface area contributed by atoms with Gasteiger partial charge in [-0.15, -0.1) is 0 Å². The first kappa shape index (κ1) is 27.9. The summed E-state index contributed by atoms with van der Waals surface area (Å²) in [5.74, 6) is -0.418. The van der Waals surface area contributed by atoms with E-state index in [1.54, 1.807) is 24.0 Å². The zero-order valence-corrected chi connectivity index (χ0v) is 22.7. The molecule has 0 heterocycles. The zero-order valence-electron chi connectivity index (χ0n) is 20.3. The summed E-state index contributed by atoms with van der Waals surface area (Å²) in [6.07, 6.45) is 2.49. The Bertz CT molecular complexity index is 1060. The Balaban J connectivity index is 2.13. The Morgan fingerprint density at radius 2 is 1.59 bits per heavy atom. The number of nitrogens with zero attached hydrogens (tertiary/aromatic N) is 2. The summed E-state index contributed by atoms with van der Waals surface area (Å²) in [6.45, 7) is 6.52. The van der Waals surface area contributed by atoms with Crippen LogP contribution >= 0.6 is 15.9 Å². The predicted octanol–water partition coefficient (Wildman–Crippen LogP) is 4.11. The van der Waals surface area contributed by atoms with Gasteiger partial charge in [0, 0.05) is 30.5 Å². The molecule has 1 N–H and O–H groups in total. The predicted molar refractivity (Wildman–Crippen MR) is 140 cm³/mol. The highest BCUT2D eigenvalue weighted by atomic mass is 79.9. The van der Waals surface area contributed by atoms with Gasteiger partial charge in [0.25, 0.3) is 0 Å². The second kappa shape index (κ2) is 12.9. The van der Waals surface area contributed by atoms with Crippen molar-refractivity contribution in [1.82, 2.24) is 10.2 Å². The summed E-state index contributed by atoms with van der Waals surface area (Å²) in [7, 11) is -3.51. The number of carbonyl (C=O) groups excluding carboxylic acids is 2. The smallest absolute Gasteiger partial charge is 0.242 e. The van der Waals surface area contributed by atoms with Crippen molar-refractivity contribution in [2.45, 2.75) is 52.6 Å². The minimum atomic E-state index is -3.51. The molecule has 2 rings (SSSR count). The van der Waals surface area contributed by atoms with E-state index >= 15 is 0 Å². The van der Waals surface area contributed by atoms with E-state index in [9.17, 15) is 18.0 Å². The molecule has 9 heteroatoms. The van der Waals surface area contributed by atoms with E-state index in [1.165, 1.54) is 10.6 Å². The molecule has 0 spiro atoms. The first-order valence-corrected chi connectivity index (χ1v) is 14.1. The van der Waals surface area contributed by atoms with Gasteiger partial charge in [0.1, 0.15) is 6.04 Å². The molecule has 0 aliphatic rings. The Labute approximate surface area is 211 Å². The molecule has 186 valence electrons. The van der Waals surface area contributed by atoms with Crippen LogP contribution in [0.1, 0.15) is 44.7 Å². The Morgan fingerprint density at radius 3 is 2.12 bits per heavy atom. The number of aryl methyl sites for hydroxylation is 1. The third-order valence-electron chi connectivity index (χ3n) is 5.57. The van der Waals surface area contributed by atoms with Crippen LogP contribution in [0.15, 0.2) is 53.0 Å². The summed E-state index contributed by atoms with van der Waals surface area (Å²) < 4.78 is 27.1. The lowest BCUT2D eigenvalue weighted by atomic mass is 10.1. The van der Waals surface area contributed by atoms with Crippen molar-refractivity contribution in [1.29, 1.82) is 0 Å². The Hall–Kier alpha value is -2.39. The van der Waals surface area contributed by atoms with Crippen LogP contribution in [0, 0.1) is 0 Å². The lowest BCUT2D eigenvalue weighted by Gasteiger charge is -2.29. The van der Waals surface area contributed by atoms with E-state index in [0.717, 1.165) is 22.0 Å². The fourth-order valence-corrected chi connectivity index (χ4v) is 4.82. The summed E-state index contributed by atoms with van der Waals surface area (Å²) in [6, 6.07) is 14.3. The van der Waals surface area contributed by atoms with Crippen LogP contribution < -0.4 is 9.62 Å². The minimum Gasteiger partial charge on any atom is -0.355 e. The summed E-state index contributed by atoms with van der Waals surface area (Å²) in [4.78, 5) is 27.2. The van der Waals surface area contributed by atoms with Gasteiger partial charge >= 0.3 is 0 Å². The number of benzene rings is 2. The molecule has 0 radical (unpaired) electrons. The lowest BCUT2D eigenvalue weighted by molar-refractivity contribution is -0.140.